The lowest BCUT2D eigenvalue weighted by molar-refractivity contribution is -0.114. The summed E-state index contributed by atoms with van der Waals surface area (Å²) in [6.45, 7) is 1.97. The molecule has 138 valence electrons. The topological polar surface area (TPSA) is 85.9 Å². The van der Waals surface area contributed by atoms with Gasteiger partial charge in [0.15, 0.2) is 11.5 Å². The fourth-order valence-corrected chi connectivity index (χ4v) is 2.36. The Morgan fingerprint density at radius 2 is 1.96 bits per heavy atom. The van der Waals surface area contributed by atoms with Gasteiger partial charge in [-0.25, -0.2) is 0 Å². The van der Waals surface area contributed by atoms with Gasteiger partial charge in [0.1, 0.15) is 12.4 Å². The third-order valence-electron chi connectivity index (χ3n) is 3.56. The maximum absolute atomic E-state index is 12.1. The summed E-state index contributed by atoms with van der Waals surface area (Å²) in [7, 11) is 0. The summed E-state index contributed by atoms with van der Waals surface area (Å²) < 4.78 is 16.0. The molecule has 2 N–H and O–H groups in total. The van der Waals surface area contributed by atoms with Crippen molar-refractivity contribution < 1.29 is 23.8 Å². The van der Waals surface area contributed by atoms with Crippen LogP contribution in [0.3, 0.4) is 0 Å². The Kier molecular flexibility index (Phi) is 5.80. The van der Waals surface area contributed by atoms with Gasteiger partial charge < -0.3 is 24.8 Å². The van der Waals surface area contributed by atoms with E-state index in [1.165, 1.54) is 6.92 Å². The fourth-order valence-electron chi connectivity index (χ4n) is 2.36. The summed E-state index contributed by atoms with van der Waals surface area (Å²) in [5.74, 6) is 7.04. The van der Waals surface area contributed by atoms with Crippen molar-refractivity contribution in [3.05, 3.63) is 48.0 Å². The van der Waals surface area contributed by atoms with E-state index in [4.69, 9.17) is 14.2 Å². The van der Waals surface area contributed by atoms with Gasteiger partial charge in [-0.1, -0.05) is 17.9 Å². The highest BCUT2D eigenvalue weighted by Crippen LogP contribution is 2.32. The summed E-state index contributed by atoms with van der Waals surface area (Å²) in [5.41, 5.74) is 1.14. The lowest BCUT2D eigenvalue weighted by atomic mass is 10.2. The smallest absolute Gasteiger partial charge is 0.252 e. The zero-order chi connectivity index (χ0) is 19.1. The Balaban J connectivity index is 1.43. The van der Waals surface area contributed by atoms with Crippen LogP contribution in [0.15, 0.2) is 42.5 Å². The molecule has 0 bridgehead atoms. The van der Waals surface area contributed by atoms with E-state index in [9.17, 15) is 9.59 Å². The van der Waals surface area contributed by atoms with Crippen molar-refractivity contribution in [1.29, 1.82) is 0 Å². The first kappa shape index (κ1) is 18.1. The third kappa shape index (κ3) is 5.16. The molecule has 1 aliphatic heterocycles. The Hall–Kier alpha value is -3.66. The molecule has 0 spiro atoms. The molecule has 27 heavy (non-hydrogen) atoms. The molecule has 7 heteroatoms. The van der Waals surface area contributed by atoms with Gasteiger partial charge in [-0.2, -0.15) is 0 Å². The van der Waals surface area contributed by atoms with Crippen molar-refractivity contribution in [2.24, 2.45) is 0 Å². The third-order valence-corrected chi connectivity index (χ3v) is 3.56. The van der Waals surface area contributed by atoms with Crippen molar-refractivity contribution in [1.82, 2.24) is 5.32 Å². The molecule has 0 saturated heterocycles. The maximum atomic E-state index is 12.1. The lowest BCUT2D eigenvalue weighted by Crippen LogP contribution is -2.23. The van der Waals surface area contributed by atoms with E-state index in [2.05, 4.69) is 22.5 Å². The number of anilines is 1. The number of carbonyl (C=O) groups is 2. The summed E-state index contributed by atoms with van der Waals surface area (Å²) >= 11 is 0. The van der Waals surface area contributed by atoms with Crippen molar-refractivity contribution in [3.63, 3.8) is 0 Å². The fraction of sp³-hybridized carbons (Fsp3) is 0.200. The molecular weight excluding hydrogens is 348 g/mol. The minimum atomic E-state index is -0.244. The first-order valence-electron chi connectivity index (χ1n) is 8.26. The van der Waals surface area contributed by atoms with Crippen LogP contribution in [-0.4, -0.2) is 31.8 Å². The van der Waals surface area contributed by atoms with Gasteiger partial charge >= 0.3 is 0 Å². The molecule has 2 aromatic carbocycles. The predicted molar refractivity (Wildman–Crippen MR) is 98.9 cm³/mol. The summed E-state index contributed by atoms with van der Waals surface area (Å²) in [5, 5.41) is 5.39. The molecule has 1 heterocycles. The van der Waals surface area contributed by atoms with E-state index in [0.717, 1.165) is 0 Å². The molecule has 0 aromatic heterocycles. The molecule has 0 atom stereocenters. The molecule has 3 rings (SSSR count). The van der Waals surface area contributed by atoms with Crippen molar-refractivity contribution >= 4 is 17.5 Å². The van der Waals surface area contributed by atoms with Crippen LogP contribution in [0.25, 0.3) is 0 Å². The second-order valence-corrected chi connectivity index (χ2v) is 5.60. The van der Waals surface area contributed by atoms with Crippen molar-refractivity contribution in [2.75, 3.05) is 25.3 Å². The van der Waals surface area contributed by atoms with E-state index in [1.807, 2.05) is 0 Å². The average Bonchev–Trinajstić information content (AvgIpc) is 3.12. The average molecular weight is 366 g/mol. The van der Waals surface area contributed by atoms with E-state index < -0.39 is 0 Å². The number of hydrogen-bond acceptors (Lipinski definition) is 5. The van der Waals surface area contributed by atoms with Gasteiger partial charge in [0.05, 0.1) is 6.54 Å². The van der Waals surface area contributed by atoms with Gasteiger partial charge in [-0.05, 0) is 30.3 Å². The monoisotopic (exact) mass is 366 g/mol. The number of benzene rings is 2. The number of nitrogens with one attached hydrogen (secondary N) is 2. The number of ether oxygens (including phenoxy) is 3. The Morgan fingerprint density at radius 1 is 1.11 bits per heavy atom. The quantitative estimate of drug-likeness (QED) is 0.793. The first-order valence-corrected chi connectivity index (χ1v) is 8.26. The molecule has 0 unspecified atom stereocenters. The largest absolute Gasteiger partial charge is 0.481 e. The molecule has 0 aliphatic carbocycles. The van der Waals surface area contributed by atoms with Crippen molar-refractivity contribution in [3.8, 4) is 29.1 Å². The Labute approximate surface area is 156 Å². The molecule has 2 aromatic rings. The highest BCUT2D eigenvalue weighted by molar-refractivity contribution is 5.95. The van der Waals surface area contributed by atoms with Crippen LogP contribution >= 0.6 is 0 Å². The number of rotatable bonds is 5. The highest BCUT2D eigenvalue weighted by Gasteiger charge is 2.15. The molecule has 0 radical (unpaired) electrons. The molecule has 0 saturated carbocycles. The highest BCUT2D eigenvalue weighted by atomic mass is 16.7. The number of hydrogen-bond donors (Lipinski definition) is 2. The van der Waals surface area contributed by atoms with E-state index in [1.54, 1.807) is 42.5 Å². The maximum Gasteiger partial charge on any atom is 0.252 e. The van der Waals surface area contributed by atoms with Crippen LogP contribution in [0.4, 0.5) is 5.69 Å². The molecular formula is C20H18N2O5. The minimum Gasteiger partial charge on any atom is -0.481 e. The van der Waals surface area contributed by atoms with Gasteiger partial charge in [-0.3, -0.25) is 9.59 Å². The van der Waals surface area contributed by atoms with Gasteiger partial charge in [0.25, 0.3) is 5.91 Å². The van der Waals surface area contributed by atoms with Gasteiger partial charge in [-0.15, -0.1) is 0 Å². The standard InChI is InChI=1S/C20H18N2O5/c1-14(23)22-16-5-4-6-17(12-16)25-10-3-2-9-21-20(24)15-7-8-18-19(11-15)27-13-26-18/h4-8,11-12H,9-10,13H2,1H3,(H,21,24)(H,22,23). The SMILES string of the molecule is CC(=O)Nc1cccc(OCC#CCNC(=O)c2ccc3c(c2)OCO3)c1. The zero-order valence-electron chi connectivity index (χ0n) is 14.7. The van der Waals surface area contributed by atoms with Crippen molar-refractivity contribution in [2.45, 2.75) is 6.92 Å². The van der Waals surface area contributed by atoms with Crippen LogP contribution in [0, 0.1) is 11.8 Å². The Bertz CT molecular complexity index is 914. The minimum absolute atomic E-state index is 0.148. The molecule has 0 fully saturated rings. The molecule has 2 amide bonds. The normalized spacial score (nSPS) is 11.1. The van der Waals surface area contributed by atoms with E-state index in [0.29, 0.717) is 28.5 Å². The van der Waals surface area contributed by atoms with Crippen LogP contribution in [0.2, 0.25) is 0 Å². The van der Waals surface area contributed by atoms with Gasteiger partial charge in [0.2, 0.25) is 12.7 Å². The number of carbonyl (C=O) groups excluding carboxylic acids is 2. The van der Waals surface area contributed by atoms with Crippen LogP contribution < -0.4 is 24.8 Å². The van der Waals surface area contributed by atoms with Crippen LogP contribution in [0.5, 0.6) is 17.2 Å². The summed E-state index contributed by atoms with van der Waals surface area (Å²) in [4.78, 5) is 23.1. The number of amides is 2. The van der Waals surface area contributed by atoms with Crippen LogP contribution in [-0.2, 0) is 4.79 Å². The summed E-state index contributed by atoms with van der Waals surface area (Å²) in [6.07, 6.45) is 0. The molecule has 7 nitrogen and oxygen atoms in total. The number of fused-ring (bicyclic) bond motifs is 1. The second-order valence-electron chi connectivity index (χ2n) is 5.60. The van der Waals surface area contributed by atoms with Gasteiger partial charge in [0, 0.05) is 24.2 Å². The second kappa shape index (κ2) is 8.63. The van der Waals surface area contributed by atoms with Crippen LogP contribution in [0.1, 0.15) is 17.3 Å². The zero-order valence-corrected chi connectivity index (χ0v) is 14.7. The van der Waals surface area contributed by atoms with E-state index >= 15 is 0 Å². The summed E-state index contributed by atoms with van der Waals surface area (Å²) in [6, 6.07) is 12.0. The molecule has 1 aliphatic rings. The Morgan fingerprint density at radius 3 is 2.81 bits per heavy atom. The first-order chi connectivity index (χ1) is 13.1. The predicted octanol–water partition coefficient (Wildman–Crippen LogP) is 2.19. The van der Waals surface area contributed by atoms with E-state index in [-0.39, 0.29) is 31.8 Å². The lowest BCUT2D eigenvalue weighted by Gasteiger charge is -2.05.